The van der Waals surface area contributed by atoms with E-state index in [9.17, 15) is 14.4 Å². The van der Waals surface area contributed by atoms with Gasteiger partial charge in [-0.25, -0.2) is 0 Å². The van der Waals surface area contributed by atoms with E-state index in [2.05, 4.69) is 15.4 Å². The number of carbonyl (C=O) groups is 3. The number of amides is 2. The highest BCUT2D eigenvalue weighted by Gasteiger charge is 2.10. The van der Waals surface area contributed by atoms with E-state index in [1.54, 1.807) is 42.5 Å². The maximum Gasteiger partial charge on any atom is 0.325 e. The van der Waals surface area contributed by atoms with Gasteiger partial charge in [0.15, 0.2) is 11.5 Å². The molecule has 0 saturated heterocycles. The van der Waals surface area contributed by atoms with Crippen molar-refractivity contribution in [1.82, 2.24) is 5.32 Å². The van der Waals surface area contributed by atoms with Crippen LogP contribution in [0, 0.1) is 0 Å². The Morgan fingerprint density at radius 1 is 1.03 bits per heavy atom. The SMILES string of the molecule is COC(=O)CNC(=O)Cc1ccc(NC(=O)C=Cc2cc(Cl)c(OC)c(OC)c2)cc1. The second kappa shape index (κ2) is 11.6. The van der Waals surface area contributed by atoms with Gasteiger partial charge in [0.1, 0.15) is 6.54 Å². The predicted molar refractivity (Wildman–Crippen MR) is 117 cm³/mol. The van der Waals surface area contributed by atoms with Crippen molar-refractivity contribution in [2.75, 3.05) is 33.2 Å². The van der Waals surface area contributed by atoms with Crippen molar-refractivity contribution < 1.29 is 28.6 Å². The Kier molecular flexibility index (Phi) is 8.90. The van der Waals surface area contributed by atoms with Gasteiger partial charge in [-0.05, 0) is 41.5 Å². The maximum atomic E-state index is 12.2. The van der Waals surface area contributed by atoms with Gasteiger partial charge in [-0.1, -0.05) is 23.7 Å². The highest BCUT2D eigenvalue weighted by atomic mass is 35.5. The molecule has 2 aromatic carbocycles. The van der Waals surface area contributed by atoms with Crippen molar-refractivity contribution in [2.24, 2.45) is 0 Å². The normalized spacial score (nSPS) is 10.5. The molecule has 2 aromatic rings. The molecule has 0 spiro atoms. The average Bonchev–Trinajstić information content (AvgIpc) is 2.76. The number of ether oxygens (including phenoxy) is 3. The minimum Gasteiger partial charge on any atom is -0.493 e. The average molecular weight is 447 g/mol. The van der Waals surface area contributed by atoms with Gasteiger partial charge < -0.3 is 24.8 Å². The van der Waals surface area contributed by atoms with Gasteiger partial charge >= 0.3 is 5.97 Å². The minimum atomic E-state index is -0.519. The van der Waals surface area contributed by atoms with E-state index in [1.165, 1.54) is 27.4 Å². The molecule has 0 bridgehead atoms. The lowest BCUT2D eigenvalue weighted by molar-refractivity contribution is -0.141. The number of hydrogen-bond donors (Lipinski definition) is 2. The van der Waals surface area contributed by atoms with E-state index >= 15 is 0 Å². The van der Waals surface area contributed by atoms with Crippen LogP contribution in [0.2, 0.25) is 5.02 Å². The molecule has 0 aliphatic rings. The van der Waals surface area contributed by atoms with E-state index in [4.69, 9.17) is 21.1 Å². The van der Waals surface area contributed by atoms with Crippen molar-refractivity contribution in [1.29, 1.82) is 0 Å². The molecule has 0 aromatic heterocycles. The number of benzene rings is 2. The van der Waals surface area contributed by atoms with Gasteiger partial charge in [-0.15, -0.1) is 0 Å². The highest BCUT2D eigenvalue weighted by molar-refractivity contribution is 6.32. The Bertz CT molecular complexity index is 973. The lowest BCUT2D eigenvalue weighted by Gasteiger charge is -2.10. The fourth-order valence-electron chi connectivity index (χ4n) is 2.59. The standard InChI is InChI=1S/C22H23ClN2O6/c1-29-18-11-15(10-17(23)22(18)31-3)6-9-19(26)25-16-7-4-14(5-8-16)12-20(27)24-13-21(28)30-2/h4-11H,12-13H2,1-3H3,(H,24,27)(H,25,26). The number of hydrogen-bond acceptors (Lipinski definition) is 6. The van der Waals surface area contributed by atoms with Crippen molar-refractivity contribution in [3.05, 3.63) is 58.6 Å². The van der Waals surface area contributed by atoms with Gasteiger partial charge in [-0.3, -0.25) is 14.4 Å². The summed E-state index contributed by atoms with van der Waals surface area (Å²) in [6.45, 7) is -0.179. The predicted octanol–water partition coefficient (Wildman–Crippen LogP) is 2.84. The number of carbonyl (C=O) groups excluding carboxylic acids is 3. The van der Waals surface area contributed by atoms with Crippen LogP contribution >= 0.6 is 11.6 Å². The molecule has 0 aliphatic carbocycles. The molecule has 2 N–H and O–H groups in total. The molecule has 2 amide bonds. The van der Waals surface area contributed by atoms with Gasteiger partial charge in [0, 0.05) is 11.8 Å². The molecule has 164 valence electrons. The molecule has 0 fully saturated rings. The fraction of sp³-hybridized carbons (Fsp3) is 0.227. The number of nitrogens with one attached hydrogen (secondary N) is 2. The highest BCUT2D eigenvalue weighted by Crippen LogP contribution is 2.36. The first-order valence-corrected chi connectivity index (χ1v) is 9.57. The smallest absolute Gasteiger partial charge is 0.325 e. The van der Waals surface area contributed by atoms with Crippen LogP contribution in [-0.4, -0.2) is 45.7 Å². The zero-order valence-corrected chi connectivity index (χ0v) is 18.1. The molecule has 0 unspecified atom stereocenters. The maximum absolute atomic E-state index is 12.2. The first-order chi connectivity index (χ1) is 14.9. The largest absolute Gasteiger partial charge is 0.493 e. The van der Waals surface area contributed by atoms with Crippen LogP contribution in [0.1, 0.15) is 11.1 Å². The Hall–Kier alpha value is -3.52. The van der Waals surface area contributed by atoms with E-state index < -0.39 is 5.97 Å². The van der Waals surface area contributed by atoms with Gasteiger partial charge in [0.2, 0.25) is 11.8 Å². The Labute approximate surface area is 185 Å². The summed E-state index contributed by atoms with van der Waals surface area (Å²) in [5.41, 5.74) is 1.97. The molecular weight excluding hydrogens is 424 g/mol. The lowest BCUT2D eigenvalue weighted by atomic mass is 10.1. The van der Waals surface area contributed by atoms with E-state index in [0.717, 1.165) is 5.56 Å². The van der Waals surface area contributed by atoms with Crippen LogP contribution < -0.4 is 20.1 Å². The third kappa shape index (κ3) is 7.35. The number of esters is 1. The summed E-state index contributed by atoms with van der Waals surface area (Å²) in [5, 5.41) is 5.56. The number of anilines is 1. The molecule has 0 aliphatic heterocycles. The second-order valence-electron chi connectivity index (χ2n) is 6.29. The Balaban J connectivity index is 1.93. The summed E-state index contributed by atoms with van der Waals surface area (Å²) in [6.07, 6.45) is 3.07. The zero-order chi connectivity index (χ0) is 22.8. The van der Waals surface area contributed by atoms with Crippen LogP contribution in [0.5, 0.6) is 11.5 Å². The van der Waals surface area contributed by atoms with E-state index in [-0.39, 0.29) is 24.8 Å². The molecule has 0 radical (unpaired) electrons. The Morgan fingerprint density at radius 3 is 2.35 bits per heavy atom. The number of rotatable bonds is 9. The molecular formula is C22H23ClN2O6. The molecule has 31 heavy (non-hydrogen) atoms. The third-order valence-corrected chi connectivity index (χ3v) is 4.41. The lowest BCUT2D eigenvalue weighted by Crippen LogP contribution is -2.31. The van der Waals surface area contributed by atoms with Gasteiger partial charge in [0.25, 0.3) is 0 Å². The summed E-state index contributed by atoms with van der Waals surface area (Å²) >= 11 is 6.16. The fourth-order valence-corrected chi connectivity index (χ4v) is 2.88. The van der Waals surface area contributed by atoms with Gasteiger partial charge in [0.05, 0.1) is 32.8 Å². The quantitative estimate of drug-likeness (QED) is 0.453. The van der Waals surface area contributed by atoms with Crippen LogP contribution in [0.4, 0.5) is 5.69 Å². The number of halogens is 1. The molecule has 2 rings (SSSR count). The molecule has 0 heterocycles. The molecule has 0 atom stereocenters. The van der Waals surface area contributed by atoms with Crippen LogP contribution in [0.15, 0.2) is 42.5 Å². The minimum absolute atomic E-state index is 0.102. The summed E-state index contributed by atoms with van der Waals surface area (Å²) < 4.78 is 14.9. The van der Waals surface area contributed by atoms with Gasteiger partial charge in [-0.2, -0.15) is 0 Å². The van der Waals surface area contributed by atoms with Crippen molar-refractivity contribution in [2.45, 2.75) is 6.42 Å². The zero-order valence-electron chi connectivity index (χ0n) is 17.4. The second-order valence-corrected chi connectivity index (χ2v) is 6.69. The topological polar surface area (TPSA) is 103 Å². The molecule has 9 heteroatoms. The van der Waals surface area contributed by atoms with Crippen LogP contribution in [0.3, 0.4) is 0 Å². The Morgan fingerprint density at radius 2 is 1.74 bits per heavy atom. The van der Waals surface area contributed by atoms with Crippen molar-refractivity contribution in [3.8, 4) is 11.5 Å². The molecule has 8 nitrogen and oxygen atoms in total. The van der Waals surface area contributed by atoms with Crippen LogP contribution in [-0.2, 0) is 25.5 Å². The summed E-state index contributed by atoms with van der Waals surface area (Å²) in [4.78, 5) is 35.0. The van der Waals surface area contributed by atoms with E-state index in [1.807, 2.05) is 0 Å². The van der Waals surface area contributed by atoms with Crippen molar-refractivity contribution >= 4 is 41.1 Å². The number of methoxy groups -OCH3 is 3. The molecule has 0 saturated carbocycles. The first kappa shape index (κ1) is 23.8. The van der Waals surface area contributed by atoms with E-state index in [0.29, 0.717) is 27.8 Å². The third-order valence-electron chi connectivity index (χ3n) is 4.13. The monoisotopic (exact) mass is 446 g/mol. The van der Waals surface area contributed by atoms with Crippen LogP contribution in [0.25, 0.3) is 6.08 Å². The summed E-state index contributed by atoms with van der Waals surface area (Å²) in [5.74, 6) is -0.283. The summed E-state index contributed by atoms with van der Waals surface area (Å²) in [6, 6.07) is 10.2. The van der Waals surface area contributed by atoms with Crippen molar-refractivity contribution in [3.63, 3.8) is 0 Å². The summed E-state index contributed by atoms with van der Waals surface area (Å²) in [7, 11) is 4.24. The first-order valence-electron chi connectivity index (χ1n) is 9.19.